The topological polar surface area (TPSA) is 59.1 Å². The van der Waals surface area contributed by atoms with Crippen LogP contribution in [0.15, 0.2) is 54.7 Å². The van der Waals surface area contributed by atoms with Crippen molar-refractivity contribution in [1.82, 2.24) is 9.97 Å². The minimum Gasteiger partial charge on any atom is -0.494 e. The van der Waals surface area contributed by atoms with Crippen molar-refractivity contribution in [3.63, 3.8) is 0 Å². The highest BCUT2D eigenvalue weighted by Gasteiger charge is 2.35. The Morgan fingerprint density at radius 3 is 2.36 bits per heavy atom. The monoisotopic (exact) mass is 458 g/mol. The molecule has 1 aromatic heterocycles. The number of benzene rings is 2. The van der Waals surface area contributed by atoms with Crippen LogP contribution in [0.25, 0.3) is 0 Å². The van der Waals surface area contributed by atoms with Gasteiger partial charge in [0.1, 0.15) is 17.1 Å². The first kappa shape index (κ1) is 24.4. The van der Waals surface area contributed by atoms with E-state index in [2.05, 4.69) is 27.5 Å². The van der Waals surface area contributed by atoms with Gasteiger partial charge < -0.3 is 15.4 Å². The molecule has 2 N–H and O–H groups in total. The van der Waals surface area contributed by atoms with Crippen LogP contribution in [0.5, 0.6) is 5.75 Å². The van der Waals surface area contributed by atoms with Crippen molar-refractivity contribution in [2.24, 2.45) is 0 Å². The van der Waals surface area contributed by atoms with Crippen LogP contribution in [0, 0.1) is 0 Å². The molecule has 0 atom stereocenters. The molecule has 0 aliphatic carbocycles. The number of ether oxygens (including phenoxy) is 1. The van der Waals surface area contributed by atoms with Crippen LogP contribution in [0.4, 0.5) is 36.3 Å². The van der Waals surface area contributed by atoms with Crippen LogP contribution in [0.3, 0.4) is 0 Å². The molecule has 3 rings (SSSR count). The minimum absolute atomic E-state index is 0.0649. The Kier molecular flexibility index (Phi) is 8.52. The Morgan fingerprint density at radius 1 is 0.909 bits per heavy atom. The molecule has 0 spiro atoms. The Labute approximate surface area is 192 Å². The second-order valence-electron chi connectivity index (χ2n) is 7.63. The molecular formula is C25H29F3N4O. The molecule has 176 valence electrons. The smallest absolute Gasteiger partial charge is 0.421 e. The number of hydrogen-bond acceptors (Lipinski definition) is 5. The van der Waals surface area contributed by atoms with Crippen molar-refractivity contribution in [3.05, 3.63) is 65.9 Å². The molecule has 0 saturated carbocycles. The third-order valence-corrected chi connectivity index (χ3v) is 5.09. The van der Waals surface area contributed by atoms with E-state index in [1.807, 2.05) is 19.1 Å². The highest BCUT2D eigenvalue weighted by molar-refractivity contribution is 5.65. The summed E-state index contributed by atoms with van der Waals surface area (Å²) < 4.78 is 46.4. The van der Waals surface area contributed by atoms with E-state index in [0.29, 0.717) is 23.7 Å². The number of para-hydroxylation sites is 1. The molecule has 0 unspecified atom stereocenters. The van der Waals surface area contributed by atoms with Crippen LogP contribution in [-0.2, 0) is 12.6 Å². The van der Waals surface area contributed by atoms with Crippen molar-refractivity contribution in [2.75, 3.05) is 17.2 Å². The molecule has 0 aliphatic rings. The minimum atomic E-state index is -4.59. The number of nitrogens with one attached hydrogen (secondary N) is 2. The summed E-state index contributed by atoms with van der Waals surface area (Å²) in [6.45, 7) is 4.58. The van der Waals surface area contributed by atoms with E-state index in [1.54, 1.807) is 36.4 Å². The van der Waals surface area contributed by atoms with E-state index >= 15 is 0 Å². The first-order valence-electron chi connectivity index (χ1n) is 11.2. The second kappa shape index (κ2) is 11.5. The second-order valence-corrected chi connectivity index (χ2v) is 7.63. The molecule has 33 heavy (non-hydrogen) atoms. The molecule has 8 heteroatoms. The van der Waals surface area contributed by atoms with E-state index in [-0.39, 0.29) is 11.8 Å². The first-order valence-corrected chi connectivity index (χ1v) is 11.2. The quantitative estimate of drug-likeness (QED) is 0.291. The zero-order valence-corrected chi connectivity index (χ0v) is 18.9. The lowest BCUT2D eigenvalue weighted by Crippen LogP contribution is -2.13. The maximum absolute atomic E-state index is 13.7. The number of aromatic nitrogens is 2. The zero-order valence-electron chi connectivity index (χ0n) is 18.9. The predicted molar refractivity (Wildman–Crippen MR) is 125 cm³/mol. The van der Waals surface area contributed by atoms with Crippen molar-refractivity contribution in [3.8, 4) is 5.75 Å². The zero-order chi connectivity index (χ0) is 23.7. The van der Waals surface area contributed by atoms with Crippen LogP contribution in [-0.4, -0.2) is 16.6 Å². The lowest BCUT2D eigenvalue weighted by Gasteiger charge is -2.17. The molecule has 0 amide bonds. The number of aryl methyl sites for hydroxylation is 1. The van der Waals surface area contributed by atoms with E-state index in [0.717, 1.165) is 43.9 Å². The van der Waals surface area contributed by atoms with Crippen molar-refractivity contribution >= 4 is 23.1 Å². The summed E-state index contributed by atoms with van der Waals surface area (Å²) in [4.78, 5) is 8.04. The standard InChI is InChI=1S/C25H29F3N4O/c1-3-5-6-7-10-18-11-8-9-12-22(18)31-23-21(25(26,27)28)17-29-24(32-23)30-19-13-15-20(16-14-19)33-4-2/h8-9,11-17H,3-7,10H2,1-2H3,(H2,29,30,31,32). The van der Waals surface area contributed by atoms with Gasteiger partial charge in [-0.15, -0.1) is 0 Å². The van der Waals surface area contributed by atoms with E-state index < -0.39 is 11.7 Å². The van der Waals surface area contributed by atoms with Gasteiger partial charge in [0.15, 0.2) is 0 Å². The normalized spacial score (nSPS) is 11.3. The number of rotatable bonds is 11. The fraction of sp³-hybridized carbons (Fsp3) is 0.360. The fourth-order valence-electron chi connectivity index (χ4n) is 3.41. The Morgan fingerprint density at radius 2 is 1.67 bits per heavy atom. The number of unbranched alkanes of at least 4 members (excludes halogenated alkanes) is 3. The molecule has 1 heterocycles. The van der Waals surface area contributed by atoms with Crippen LogP contribution in [0.1, 0.15) is 50.7 Å². The Hall–Kier alpha value is -3.29. The summed E-state index contributed by atoms with van der Waals surface area (Å²) in [7, 11) is 0. The van der Waals surface area contributed by atoms with Gasteiger partial charge in [0.2, 0.25) is 5.95 Å². The van der Waals surface area contributed by atoms with Gasteiger partial charge in [-0.2, -0.15) is 18.2 Å². The fourth-order valence-corrected chi connectivity index (χ4v) is 3.41. The van der Waals surface area contributed by atoms with Crippen molar-refractivity contribution in [2.45, 2.75) is 52.1 Å². The summed E-state index contributed by atoms with van der Waals surface area (Å²) in [6, 6.07) is 14.4. The van der Waals surface area contributed by atoms with E-state index in [9.17, 15) is 13.2 Å². The molecule has 0 aliphatic heterocycles. The van der Waals surface area contributed by atoms with Gasteiger partial charge in [-0.3, -0.25) is 0 Å². The number of nitrogens with zero attached hydrogens (tertiary/aromatic N) is 2. The summed E-state index contributed by atoms with van der Waals surface area (Å²) in [6.07, 6.45) is 1.33. The summed E-state index contributed by atoms with van der Waals surface area (Å²) in [5.74, 6) is 0.483. The molecule has 3 aromatic rings. The first-order chi connectivity index (χ1) is 15.9. The molecule has 5 nitrogen and oxygen atoms in total. The molecule has 2 aromatic carbocycles. The Bertz CT molecular complexity index is 1020. The van der Waals surface area contributed by atoms with Crippen LogP contribution >= 0.6 is 0 Å². The average Bonchev–Trinajstić information content (AvgIpc) is 2.79. The SMILES string of the molecule is CCCCCCc1ccccc1Nc1nc(Nc2ccc(OCC)cc2)ncc1C(F)(F)F. The molecule has 0 radical (unpaired) electrons. The van der Waals surface area contributed by atoms with Crippen molar-refractivity contribution in [1.29, 1.82) is 0 Å². The van der Waals surface area contributed by atoms with Gasteiger partial charge in [-0.1, -0.05) is 44.4 Å². The maximum Gasteiger partial charge on any atom is 0.421 e. The predicted octanol–water partition coefficient (Wildman–Crippen LogP) is 7.50. The van der Waals surface area contributed by atoms with Gasteiger partial charge in [0.05, 0.1) is 6.61 Å². The summed E-state index contributed by atoms with van der Waals surface area (Å²) in [5.41, 5.74) is 1.30. The van der Waals surface area contributed by atoms with Gasteiger partial charge in [0.25, 0.3) is 0 Å². The van der Waals surface area contributed by atoms with Gasteiger partial charge in [-0.05, 0) is 55.7 Å². The number of halogens is 3. The van der Waals surface area contributed by atoms with E-state index in [4.69, 9.17) is 4.74 Å². The van der Waals surface area contributed by atoms with Gasteiger partial charge >= 0.3 is 6.18 Å². The third kappa shape index (κ3) is 7.10. The lowest BCUT2D eigenvalue weighted by atomic mass is 10.0. The van der Waals surface area contributed by atoms with Crippen molar-refractivity contribution < 1.29 is 17.9 Å². The molecule has 0 bridgehead atoms. The lowest BCUT2D eigenvalue weighted by molar-refractivity contribution is -0.137. The third-order valence-electron chi connectivity index (χ3n) is 5.09. The number of anilines is 4. The van der Waals surface area contributed by atoms with Crippen LogP contribution < -0.4 is 15.4 Å². The van der Waals surface area contributed by atoms with Crippen LogP contribution in [0.2, 0.25) is 0 Å². The largest absolute Gasteiger partial charge is 0.494 e. The van der Waals surface area contributed by atoms with Gasteiger partial charge in [-0.25, -0.2) is 4.98 Å². The highest BCUT2D eigenvalue weighted by atomic mass is 19.4. The summed E-state index contributed by atoms with van der Waals surface area (Å²) >= 11 is 0. The van der Waals surface area contributed by atoms with E-state index in [1.165, 1.54) is 0 Å². The maximum atomic E-state index is 13.7. The molecular weight excluding hydrogens is 429 g/mol. The van der Waals surface area contributed by atoms with Gasteiger partial charge in [0, 0.05) is 17.6 Å². The number of alkyl halides is 3. The Balaban J connectivity index is 1.84. The number of hydrogen-bond donors (Lipinski definition) is 2. The summed E-state index contributed by atoms with van der Waals surface area (Å²) in [5, 5.41) is 5.87. The average molecular weight is 459 g/mol. The molecule has 0 saturated heterocycles. The molecule has 0 fully saturated rings. The highest BCUT2D eigenvalue weighted by Crippen LogP contribution is 2.36.